The highest BCUT2D eigenvalue weighted by atomic mass is 16.5. The monoisotopic (exact) mass is 370 g/mol. The van der Waals surface area contributed by atoms with E-state index >= 15 is 0 Å². The number of fused-ring (bicyclic) bond motifs is 1. The van der Waals surface area contributed by atoms with Crippen LogP contribution in [0.25, 0.3) is 0 Å². The summed E-state index contributed by atoms with van der Waals surface area (Å²) in [5.74, 6) is -0.296. The lowest BCUT2D eigenvalue weighted by Gasteiger charge is -2.21. The molecule has 9 nitrogen and oxygen atoms in total. The standard InChI is InChI=1S/C18H22N6O3/c1-3-27-17(26)10-4-6-11(7-5-10)24(2)9-8-12-13-14(19)21-18(20)23-15(13)22-16(12)25/h4-7,12H,3,8-9H2,1-2H3,(H5,19,20,21,22,23,25). The lowest BCUT2D eigenvalue weighted by atomic mass is 9.98. The number of carbonyl (C=O) groups is 2. The molecule has 1 amide bonds. The Morgan fingerprint density at radius 3 is 2.63 bits per heavy atom. The second kappa shape index (κ2) is 7.48. The Balaban J connectivity index is 1.67. The molecule has 1 atom stereocenters. The van der Waals surface area contributed by atoms with Crippen molar-refractivity contribution in [3.05, 3.63) is 35.4 Å². The summed E-state index contributed by atoms with van der Waals surface area (Å²) in [5.41, 5.74) is 13.5. The molecule has 0 radical (unpaired) electrons. The number of nitrogens with two attached hydrogens (primary N) is 2. The summed E-state index contributed by atoms with van der Waals surface area (Å²) < 4.78 is 4.98. The average Bonchev–Trinajstić information content (AvgIpc) is 2.95. The van der Waals surface area contributed by atoms with Crippen molar-refractivity contribution < 1.29 is 14.3 Å². The van der Waals surface area contributed by atoms with Crippen molar-refractivity contribution in [2.24, 2.45) is 0 Å². The molecule has 1 unspecified atom stereocenters. The van der Waals surface area contributed by atoms with Gasteiger partial charge in [-0.2, -0.15) is 9.97 Å². The Bertz CT molecular complexity index is 868. The highest BCUT2D eigenvalue weighted by Gasteiger charge is 2.34. The van der Waals surface area contributed by atoms with E-state index in [1.165, 1.54) is 0 Å². The largest absolute Gasteiger partial charge is 0.462 e. The van der Waals surface area contributed by atoms with Crippen LogP contribution in [0.5, 0.6) is 0 Å². The van der Waals surface area contributed by atoms with Crippen LogP contribution >= 0.6 is 0 Å². The lowest BCUT2D eigenvalue weighted by Crippen LogP contribution is -2.23. The third-order valence-electron chi connectivity index (χ3n) is 4.47. The van der Waals surface area contributed by atoms with Crippen LogP contribution in [0.15, 0.2) is 24.3 Å². The highest BCUT2D eigenvalue weighted by molar-refractivity contribution is 6.03. The van der Waals surface area contributed by atoms with Gasteiger partial charge in [0.2, 0.25) is 11.9 Å². The predicted octanol–water partition coefficient (Wildman–Crippen LogP) is 1.38. The Morgan fingerprint density at radius 1 is 1.26 bits per heavy atom. The molecule has 1 aromatic heterocycles. The van der Waals surface area contributed by atoms with Gasteiger partial charge in [-0.15, -0.1) is 0 Å². The number of hydrogen-bond donors (Lipinski definition) is 3. The number of ether oxygens (including phenoxy) is 1. The molecule has 0 saturated carbocycles. The van der Waals surface area contributed by atoms with Crippen LogP contribution in [0.3, 0.4) is 0 Å². The molecule has 0 aliphatic carbocycles. The zero-order valence-corrected chi connectivity index (χ0v) is 15.2. The van der Waals surface area contributed by atoms with Gasteiger partial charge in [0, 0.05) is 24.8 Å². The highest BCUT2D eigenvalue weighted by Crippen LogP contribution is 2.37. The van der Waals surface area contributed by atoms with Gasteiger partial charge in [0.15, 0.2) is 0 Å². The van der Waals surface area contributed by atoms with Crippen molar-refractivity contribution in [2.45, 2.75) is 19.3 Å². The topological polar surface area (TPSA) is 136 Å². The maximum absolute atomic E-state index is 12.3. The summed E-state index contributed by atoms with van der Waals surface area (Å²) in [6.07, 6.45) is 0.534. The number of hydrogen-bond acceptors (Lipinski definition) is 8. The predicted molar refractivity (Wildman–Crippen MR) is 103 cm³/mol. The van der Waals surface area contributed by atoms with Crippen LogP contribution in [0.1, 0.15) is 35.2 Å². The fraction of sp³-hybridized carbons (Fsp3) is 0.333. The number of carbonyl (C=O) groups excluding carboxylic acids is 2. The SMILES string of the molecule is CCOC(=O)c1ccc(N(C)CCC2C(=O)Nc3nc(N)nc(N)c32)cc1. The molecule has 0 spiro atoms. The first kappa shape index (κ1) is 18.4. The van der Waals surface area contributed by atoms with Crippen LogP contribution < -0.4 is 21.7 Å². The van der Waals surface area contributed by atoms with Crippen LogP contribution in [0, 0.1) is 0 Å². The first-order valence-electron chi connectivity index (χ1n) is 8.62. The molecular formula is C18H22N6O3. The van der Waals surface area contributed by atoms with E-state index in [-0.39, 0.29) is 23.6 Å². The molecule has 1 aliphatic heterocycles. The Hall–Kier alpha value is -3.36. The van der Waals surface area contributed by atoms with E-state index in [0.29, 0.717) is 36.5 Å². The first-order chi connectivity index (χ1) is 12.9. The molecule has 1 aromatic carbocycles. The van der Waals surface area contributed by atoms with Gasteiger partial charge >= 0.3 is 5.97 Å². The summed E-state index contributed by atoms with van der Waals surface area (Å²) in [4.78, 5) is 34.0. The normalized spacial score (nSPS) is 15.2. The molecular weight excluding hydrogens is 348 g/mol. The van der Waals surface area contributed by atoms with Gasteiger partial charge in [-0.25, -0.2) is 4.79 Å². The molecule has 0 saturated heterocycles. The molecule has 3 rings (SSSR count). The number of anilines is 4. The fourth-order valence-electron chi connectivity index (χ4n) is 3.07. The smallest absolute Gasteiger partial charge is 0.338 e. The van der Waals surface area contributed by atoms with Crippen molar-refractivity contribution in [1.29, 1.82) is 0 Å². The van der Waals surface area contributed by atoms with Crippen molar-refractivity contribution in [1.82, 2.24) is 9.97 Å². The van der Waals surface area contributed by atoms with E-state index in [4.69, 9.17) is 16.2 Å². The molecule has 2 aromatic rings. The molecule has 0 bridgehead atoms. The van der Waals surface area contributed by atoms with Gasteiger partial charge in [-0.3, -0.25) is 4.79 Å². The van der Waals surface area contributed by atoms with E-state index in [2.05, 4.69) is 15.3 Å². The van der Waals surface area contributed by atoms with E-state index in [1.54, 1.807) is 19.1 Å². The maximum Gasteiger partial charge on any atom is 0.338 e. The van der Waals surface area contributed by atoms with Crippen molar-refractivity contribution in [2.75, 3.05) is 41.9 Å². The second-order valence-electron chi connectivity index (χ2n) is 6.25. The molecule has 1 aliphatic rings. The van der Waals surface area contributed by atoms with Gasteiger partial charge in [0.05, 0.1) is 18.1 Å². The van der Waals surface area contributed by atoms with Crippen molar-refractivity contribution in [3.63, 3.8) is 0 Å². The first-order valence-corrected chi connectivity index (χ1v) is 8.62. The molecule has 2 heterocycles. The van der Waals surface area contributed by atoms with Crippen LogP contribution in [0.4, 0.5) is 23.3 Å². The minimum atomic E-state index is -0.429. The summed E-state index contributed by atoms with van der Waals surface area (Å²) in [5, 5.41) is 2.70. The number of aromatic nitrogens is 2. The molecule has 9 heteroatoms. The number of nitrogens with zero attached hydrogens (tertiary/aromatic N) is 3. The number of nitrogen functional groups attached to an aromatic ring is 2. The fourth-order valence-corrected chi connectivity index (χ4v) is 3.07. The number of esters is 1. The van der Waals surface area contributed by atoms with E-state index in [0.717, 1.165) is 5.69 Å². The van der Waals surface area contributed by atoms with Gasteiger partial charge in [-0.1, -0.05) is 0 Å². The Labute approximate surface area is 156 Å². The average molecular weight is 370 g/mol. The van der Waals surface area contributed by atoms with Gasteiger partial charge in [0.25, 0.3) is 0 Å². The Kier molecular flexibility index (Phi) is 5.11. The number of rotatable bonds is 6. The molecule has 27 heavy (non-hydrogen) atoms. The quantitative estimate of drug-likeness (QED) is 0.649. The van der Waals surface area contributed by atoms with E-state index < -0.39 is 5.92 Å². The number of nitrogens with one attached hydrogen (secondary N) is 1. The van der Waals surface area contributed by atoms with Crippen LogP contribution in [-0.2, 0) is 9.53 Å². The van der Waals surface area contributed by atoms with E-state index in [1.807, 2.05) is 24.1 Å². The third kappa shape index (κ3) is 3.76. The lowest BCUT2D eigenvalue weighted by molar-refractivity contribution is -0.117. The summed E-state index contributed by atoms with van der Waals surface area (Å²) in [6.45, 7) is 2.70. The van der Waals surface area contributed by atoms with Gasteiger partial charge in [-0.05, 0) is 37.6 Å². The summed E-state index contributed by atoms with van der Waals surface area (Å²) in [6, 6.07) is 7.12. The van der Waals surface area contributed by atoms with Crippen LogP contribution in [0.2, 0.25) is 0 Å². The zero-order valence-electron chi connectivity index (χ0n) is 15.2. The molecule has 5 N–H and O–H groups in total. The minimum absolute atomic E-state index is 0.0333. The summed E-state index contributed by atoms with van der Waals surface area (Å²) >= 11 is 0. The van der Waals surface area contributed by atoms with Crippen molar-refractivity contribution in [3.8, 4) is 0 Å². The second-order valence-corrected chi connectivity index (χ2v) is 6.25. The zero-order chi connectivity index (χ0) is 19.6. The van der Waals surface area contributed by atoms with Gasteiger partial charge < -0.3 is 26.4 Å². The summed E-state index contributed by atoms with van der Waals surface area (Å²) in [7, 11) is 1.91. The number of benzene rings is 1. The minimum Gasteiger partial charge on any atom is -0.462 e. The number of amides is 1. The van der Waals surface area contributed by atoms with Gasteiger partial charge in [0.1, 0.15) is 11.6 Å². The third-order valence-corrected chi connectivity index (χ3v) is 4.47. The van der Waals surface area contributed by atoms with E-state index in [9.17, 15) is 9.59 Å². The van der Waals surface area contributed by atoms with Crippen LogP contribution in [-0.4, -0.2) is 42.0 Å². The maximum atomic E-state index is 12.3. The Morgan fingerprint density at radius 2 is 1.96 bits per heavy atom. The molecule has 0 fully saturated rings. The van der Waals surface area contributed by atoms with Crippen molar-refractivity contribution >= 4 is 35.1 Å². The molecule has 142 valence electrons.